The average Bonchev–Trinajstić information content (AvgIpc) is 1.93. The van der Waals surface area contributed by atoms with Gasteiger partial charge in [-0.05, 0) is 18.2 Å². The number of nitrogens with one attached hydrogen (secondary N) is 1. The van der Waals surface area contributed by atoms with Crippen LogP contribution in [0.5, 0.6) is 5.75 Å². The summed E-state index contributed by atoms with van der Waals surface area (Å²) in [7, 11) is 0. The first-order chi connectivity index (χ1) is 5.77. The van der Waals surface area contributed by atoms with Gasteiger partial charge < -0.3 is 10.4 Å². The first kappa shape index (κ1) is 7.55. The van der Waals surface area contributed by atoms with E-state index >= 15 is 0 Å². The van der Waals surface area contributed by atoms with E-state index in [4.69, 9.17) is 0 Å². The standard InChI is InChI=1S/C9H10FNO/c10-7-1-2-9(12)8(3-7)6-4-11-5-6/h1-3,6,11-12H,4-5H2. The van der Waals surface area contributed by atoms with Crippen LogP contribution >= 0.6 is 0 Å². The number of aromatic hydroxyl groups is 1. The smallest absolute Gasteiger partial charge is 0.123 e. The SMILES string of the molecule is Oc1ccc(F)cc1C1CNC1. The Morgan fingerprint density at radius 1 is 1.42 bits per heavy atom. The maximum Gasteiger partial charge on any atom is 0.123 e. The molecule has 1 saturated heterocycles. The number of halogens is 1. The van der Waals surface area contributed by atoms with Crippen LogP contribution < -0.4 is 5.32 Å². The Balaban J connectivity index is 2.34. The fourth-order valence-electron chi connectivity index (χ4n) is 1.36. The summed E-state index contributed by atoms with van der Waals surface area (Å²) in [5, 5.41) is 12.4. The molecule has 0 unspecified atom stereocenters. The van der Waals surface area contributed by atoms with Gasteiger partial charge in [0.05, 0.1) is 0 Å². The summed E-state index contributed by atoms with van der Waals surface area (Å²) in [6.07, 6.45) is 0. The summed E-state index contributed by atoms with van der Waals surface area (Å²) in [5.41, 5.74) is 0.716. The number of hydrogen-bond donors (Lipinski definition) is 2. The molecule has 2 N–H and O–H groups in total. The van der Waals surface area contributed by atoms with Gasteiger partial charge >= 0.3 is 0 Å². The van der Waals surface area contributed by atoms with E-state index in [1.165, 1.54) is 18.2 Å². The van der Waals surface area contributed by atoms with Gasteiger partial charge in [-0.1, -0.05) is 0 Å². The third kappa shape index (κ3) is 1.16. The summed E-state index contributed by atoms with van der Waals surface area (Å²) >= 11 is 0. The molecule has 0 radical (unpaired) electrons. The van der Waals surface area contributed by atoms with Crippen molar-refractivity contribution in [1.29, 1.82) is 0 Å². The van der Waals surface area contributed by atoms with Gasteiger partial charge in [0.25, 0.3) is 0 Å². The molecule has 2 rings (SSSR count). The van der Waals surface area contributed by atoms with Crippen LogP contribution in [0.25, 0.3) is 0 Å². The summed E-state index contributed by atoms with van der Waals surface area (Å²) < 4.78 is 12.7. The van der Waals surface area contributed by atoms with E-state index in [1.54, 1.807) is 0 Å². The molecule has 3 heteroatoms. The Morgan fingerprint density at radius 2 is 2.17 bits per heavy atom. The van der Waals surface area contributed by atoms with Crippen molar-refractivity contribution < 1.29 is 9.50 Å². The molecule has 0 spiro atoms. The number of phenolic OH excluding ortho intramolecular Hbond substituents is 1. The molecule has 0 atom stereocenters. The molecule has 0 aromatic heterocycles. The molecule has 12 heavy (non-hydrogen) atoms. The highest BCUT2D eigenvalue weighted by atomic mass is 19.1. The van der Waals surface area contributed by atoms with Crippen molar-refractivity contribution in [3.05, 3.63) is 29.6 Å². The highest BCUT2D eigenvalue weighted by molar-refractivity contribution is 5.37. The number of benzene rings is 1. The highest BCUT2D eigenvalue weighted by Gasteiger charge is 2.21. The second-order valence-electron chi connectivity index (χ2n) is 3.06. The summed E-state index contributed by atoms with van der Waals surface area (Å²) in [6.45, 7) is 1.66. The quantitative estimate of drug-likeness (QED) is 0.659. The fraction of sp³-hybridized carbons (Fsp3) is 0.333. The summed E-state index contributed by atoms with van der Waals surface area (Å²) in [4.78, 5) is 0. The Kier molecular flexibility index (Phi) is 1.73. The molecule has 0 bridgehead atoms. The minimum atomic E-state index is -0.283. The van der Waals surface area contributed by atoms with Crippen LogP contribution in [-0.2, 0) is 0 Å². The zero-order chi connectivity index (χ0) is 8.55. The van der Waals surface area contributed by atoms with Gasteiger partial charge in [-0.2, -0.15) is 0 Å². The summed E-state index contributed by atoms with van der Waals surface area (Å²) in [5.74, 6) is 0.193. The molecular weight excluding hydrogens is 157 g/mol. The molecule has 1 aliphatic heterocycles. The highest BCUT2D eigenvalue weighted by Crippen LogP contribution is 2.28. The van der Waals surface area contributed by atoms with E-state index in [0.29, 0.717) is 5.56 Å². The number of rotatable bonds is 1. The van der Waals surface area contributed by atoms with Crippen LogP contribution in [0, 0.1) is 5.82 Å². The van der Waals surface area contributed by atoms with Crippen LogP contribution in [0.15, 0.2) is 18.2 Å². The van der Waals surface area contributed by atoms with E-state index in [1.807, 2.05) is 0 Å². The molecule has 1 aromatic carbocycles. The molecule has 1 aromatic rings. The normalized spacial score (nSPS) is 17.4. The van der Waals surface area contributed by atoms with Gasteiger partial charge in [0.15, 0.2) is 0 Å². The van der Waals surface area contributed by atoms with Crippen molar-refractivity contribution in [2.24, 2.45) is 0 Å². The zero-order valence-electron chi connectivity index (χ0n) is 6.55. The van der Waals surface area contributed by atoms with E-state index < -0.39 is 0 Å². The van der Waals surface area contributed by atoms with Crippen molar-refractivity contribution in [3.63, 3.8) is 0 Å². The molecule has 0 aliphatic carbocycles. The first-order valence-corrected chi connectivity index (χ1v) is 3.96. The summed E-state index contributed by atoms with van der Waals surface area (Å²) in [6, 6.07) is 4.08. The van der Waals surface area contributed by atoms with Crippen LogP contribution in [0.3, 0.4) is 0 Å². The molecule has 1 aliphatic rings. The second kappa shape index (κ2) is 2.75. The zero-order valence-corrected chi connectivity index (χ0v) is 6.55. The molecule has 2 nitrogen and oxygen atoms in total. The third-order valence-electron chi connectivity index (χ3n) is 2.21. The maximum atomic E-state index is 12.7. The predicted octanol–water partition coefficient (Wildman–Crippen LogP) is 1.22. The van der Waals surface area contributed by atoms with Crippen molar-refractivity contribution in [1.82, 2.24) is 5.32 Å². The van der Waals surface area contributed by atoms with Crippen molar-refractivity contribution >= 4 is 0 Å². The minimum absolute atomic E-state index is 0.197. The first-order valence-electron chi connectivity index (χ1n) is 3.96. The largest absolute Gasteiger partial charge is 0.508 e. The molecule has 1 heterocycles. The Morgan fingerprint density at radius 3 is 2.75 bits per heavy atom. The van der Waals surface area contributed by atoms with Crippen LogP contribution in [-0.4, -0.2) is 18.2 Å². The number of hydrogen-bond acceptors (Lipinski definition) is 2. The molecule has 1 fully saturated rings. The van der Waals surface area contributed by atoms with Gasteiger partial charge in [-0.25, -0.2) is 4.39 Å². The second-order valence-corrected chi connectivity index (χ2v) is 3.06. The minimum Gasteiger partial charge on any atom is -0.508 e. The number of phenols is 1. The lowest BCUT2D eigenvalue weighted by molar-refractivity contribution is 0.410. The van der Waals surface area contributed by atoms with Gasteiger partial charge in [0, 0.05) is 24.6 Å². The third-order valence-corrected chi connectivity index (χ3v) is 2.21. The van der Waals surface area contributed by atoms with Crippen LogP contribution in [0.2, 0.25) is 0 Å². The van der Waals surface area contributed by atoms with E-state index in [-0.39, 0.29) is 17.5 Å². The molecule has 0 amide bonds. The average molecular weight is 167 g/mol. The van der Waals surface area contributed by atoms with Crippen molar-refractivity contribution in [3.8, 4) is 5.75 Å². The van der Waals surface area contributed by atoms with E-state index in [2.05, 4.69) is 5.32 Å². The lowest BCUT2D eigenvalue weighted by atomic mass is 9.93. The van der Waals surface area contributed by atoms with Crippen molar-refractivity contribution in [2.45, 2.75) is 5.92 Å². The Labute approximate surface area is 70.0 Å². The van der Waals surface area contributed by atoms with Crippen LogP contribution in [0.4, 0.5) is 4.39 Å². The lowest BCUT2D eigenvalue weighted by Crippen LogP contribution is -2.39. The van der Waals surface area contributed by atoms with Gasteiger partial charge in [-0.15, -0.1) is 0 Å². The van der Waals surface area contributed by atoms with E-state index in [0.717, 1.165) is 13.1 Å². The Bertz CT molecular complexity index is 297. The van der Waals surface area contributed by atoms with Gasteiger partial charge in [0.2, 0.25) is 0 Å². The van der Waals surface area contributed by atoms with E-state index in [9.17, 15) is 9.50 Å². The maximum absolute atomic E-state index is 12.7. The lowest BCUT2D eigenvalue weighted by Gasteiger charge is -2.27. The molecular formula is C9H10FNO. The van der Waals surface area contributed by atoms with Gasteiger partial charge in [0.1, 0.15) is 11.6 Å². The molecule has 64 valence electrons. The Hall–Kier alpha value is -1.09. The predicted molar refractivity (Wildman–Crippen MR) is 43.7 cm³/mol. The monoisotopic (exact) mass is 167 g/mol. The van der Waals surface area contributed by atoms with Crippen molar-refractivity contribution in [2.75, 3.05) is 13.1 Å². The van der Waals surface area contributed by atoms with Crippen LogP contribution in [0.1, 0.15) is 11.5 Å². The molecule has 0 saturated carbocycles. The fourth-order valence-corrected chi connectivity index (χ4v) is 1.36. The van der Waals surface area contributed by atoms with Gasteiger partial charge in [-0.3, -0.25) is 0 Å². The topological polar surface area (TPSA) is 32.3 Å².